The number of hydrogen-bond acceptors (Lipinski definition) is 7. The van der Waals surface area contributed by atoms with Crippen LogP contribution in [0.1, 0.15) is 24.6 Å². The molecule has 0 spiro atoms. The monoisotopic (exact) mass is 332 g/mol. The second-order valence-electron chi connectivity index (χ2n) is 5.86. The largest absolute Gasteiger partial charge is 0.493 e. The first kappa shape index (κ1) is 14.9. The molecule has 2 heterocycles. The lowest BCUT2D eigenvalue weighted by Crippen LogP contribution is -2.07. The molecule has 1 saturated heterocycles. The summed E-state index contributed by atoms with van der Waals surface area (Å²) in [6.07, 6.45) is 3.05. The lowest BCUT2D eigenvalue weighted by Gasteiger charge is -2.10. The van der Waals surface area contributed by atoms with Crippen LogP contribution in [0.3, 0.4) is 0 Å². The molecule has 1 aromatic heterocycles. The quantitative estimate of drug-likeness (QED) is 0.848. The van der Waals surface area contributed by atoms with Crippen LogP contribution in [0.2, 0.25) is 6.32 Å². The molecule has 0 radical (unpaired) electrons. The van der Waals surface area contributed by atoms with Gasteiger partial charge in [0.25, 0.3) is 0 Å². The number of aromatic nitrogens is 2. The summed E-state index contributed by atoms with van der Waals surface area (Å²) in [5.41, 5.74) is 0.963. The van der Waals surface area contributed by atoms with Gasteiger partial charge in [-0.3, -0.25) is 0 Å². The van der Waals surface area contributed by atoms with Crippen molar-refractivity contribution in [2.24, 2.45) is 0 Å². The second-order valence-corrected chi connectivity index (χ2v) is 6.61. The van der Waals surface area contributed by atoms with E-state index in [2.05, 4.69) is 9.36 Å². The normalized spacial score (nSPS) is 20.8. The summed E-state index contributed by atoms with van der Waals surface area (Å²) < 4.78 is 20.9. The average molecular weight is 332 g/mol. The summed E-state index contributed by atoms with van der Waals surface area (Å²) in [5, 5.41) is 10.3. The Bertz CT molecular complexity index is 707. The summed E-state index contributed by atoms with van der Waals surface area (Å²) in [6, 6.07) is 5.82. The zero-order valence-electron chi connectivity index (χ0n) is 12.8. The highest BCUT2D eigenvalue weighted by Gasteiger charge is 2.32. The van der Waals surface area contributed by atoms with Crippen LogP contribution >= 0.6 is 11.5 Å². The first-order valence-electron chi connectivity index (χ1n) is 7.71. The van der Waals surface area contributed by atoms with Crippen molar-refractivity contribution in [3.8, 4) is 22.1 Å². The molecule has 1 aliphatic carbocycles. The van der Waals surface area contributed by atoms with Crippen LogP contribution < -0.4 is 9.47 Å². The van der Waals surface area contributed by atoms with Crippen LogP contribution in [0.25, 0.3) is 10.6 Å². The SMILES string of the molecule is COc1ccc(-c2nc([C@H]3COB(O)C3)ns2)cc1OC1CC1. The molecule has 1 atom stereocenters. The van der Waals surface area contributed by atoms with E-state index in [0.29, 0.717) is 19.0 Å². The molecule has 1 aliphatic heterocycles. The molecule has 0 bridgehead atoms. The summed E-state index contributed by atoms with van der Waals surface area (Å²) in [4.78, 5) is 4.61. The fraction of sp³-hybridized carbons (Fsp3) is 0.467. The van der Waals surface area contributed by atoms with Gasteiger partial charge < -0.3 is 19.2 Å². The third-order valence-electron chi connectivity index (χ3n) is 4.01. The van der Waals surface area contributed by atoms with E-state index in [1.165, 1.54) is 11.5 Å². The number of rotatable bonds is 5. The molecule has 2 aromatic rings. The van der Waals surface area contributed by atoms with Crippen molar-refractivity contribution in [1.82, 2.24) is 9.36 Å². The van der Waals surface area contributed by atoms with E-state index in [-0.39, 0.29) is 5.92 Å². The molecule has 120 valence electrons. The van der Waals surface area contributed by atoms with E-state index in [1.54, 1.807) is 7.11 Å². The lowest BCUT2D eigenvalue weighted by molar-refractivity contribution is 0.282. The van der Waals surface area contributed by atoms with E-state index in [9.17, 15) is 5.02 Å². The van der Waals surface area contributed by atoms with E-state index >= 15 is 0 Å². The maximum absolute atomic E-state index is 9.46. The van der Waals surface area contributed by atoms with Crippen LogP contribution in [0.15, 0.2) is 18.2 Å². The summed E-state index contributed by atoms with van der Waals surface area (Å²) >= 11 is 1.35. The van der Waals surface area contributed by atoms with Crippen LogP contribution in [0, 0.1) is 0 Å². The van der Waals surface area contributed by atoms with Crippen LogP contribution in [0.4, 0.5) is 0 Å². The Balaban J connectivity index is 1.58. The van der Waals surface area contributed by atoms with Crippen molar-refractivity contribution in [2.45, 2.75) is 31.2 Å². The Labute approximate surface area is 138 Å². The average Bonchev–Trinajstić information content (AvgIpc) is 3.07. The van der Waals surface area contributed by atoms with E-state index < -0.39 is 7.12 Å². The van der Waals surface area contributed by atoms with Gasteiger partial charge in [0, 0.05) is 18.1 Å². The minimum Gasteiger partial charge on any atom is -0.493 e. The molecule has 2 aliphatic rings. The summed E-state index contributed by atoms with van der Waals surface area (Å²) in [6.45, 7) is 0.468. The molecule has 1 aromatic carbocycles. The van der Waals surface area contributed by atoms with Gasteiger partial charge in [-0.15, -0.1) is 0 Å². The fourth-order valence-corrected chi connectivity index (χ4v) is 3.31. The molecule has 8 heteroatoms. The van der Waals surface area contributed by atoms with E-state index in [1.807, 2.05) is 18.2 Å². The third-order valence-corrected chi connectivity index (χ3v) is 4.79. The van der Waals surface area contributed by atoms with Crippen LogP contribution in [-0.4, -0.2) is 41.3 Å². The maximum Gasteiger partial charge on any atom is 0.454 e. The molecule has 4 rings (SSSR count). The number of methoxy groups -OCH3 is 1. The number of benzene rings is 1. The Morgan fingerprint density at radius 1 is 1.35 bits per heavy atom. The van der Waals surface area contributed by atoms with Gasteiger partial charge in [0.2, 0.25) is 0 Å². The van der Waals surface area contributed by atoms with Gasteiger partial charge in [0.05, 0.1) is 13.2 Å². The van der Waals surface area contributed by atoms with E-state index in [0.717, 1.165) is 40.7 Å². The van der Waals surface area contributed by atoms with Crippen molar-refractivity contribution in [1.29, 1.82) is 0 Å². The molecule has 1 saturated carbocycles. The Morgan fingerprint density at radius 3 is 2.91 bits per heavy atom. The van der Waals surface area contributed by atoms with Crippen molar-refractivity contribution in [3.63, 3.8) is 0 Å². The van der Waals surface area contributed by atoms with E-state index in [4.69, 9.17) is 14.1 Å². The highest BCUT2D eigenvalue weighted by Crippen LogP contribution is 2.37. The zero-order valence-corrected chi connectivity index (χ0v) is 13.6. The Kier molecular flexibility index (Phi) is 3.96. The summed E-state index contributed by atoms with van der Waals surface area (Å²) in [5.74, 6) is 2.29. The van der Waals surface area contributed by atoms with Gasteiger partial charge in [0.1, 0.15) is 10.8 Å². The summed E-state index contributed by atoms with van der Waals surface area (Å²) in [7, 11) is 0.940. The van der Waals surface area contributed by atoms with Crippen molar-refractivity contribution >= 4 is 18.7 Å². The zero-order chi connectivity index (χ0) is 15.8. The van der Waals surface area contributed by atoms with Crippen LogP contribution in [-0.2, 0) is 4.65 Å². The van der Waals surface area contributed by atoms with Crippen molar-refractivity contribution < 1.29 is 19.2 Å². The van der Waals surface area contributed by atoms with Crippen molar-refractivity contribution in [3.05, 3.63) is 24.0 Å². The molecular weight excluding hydrogens is 315 g/mol. The first-order valence-corrected chi connectivity index (χ1v) is 8.48. The first-order chi connectivity index (χ1) is 11.2. The molecular formula is C15H17BN2O4S. The third kappa shape index (κ3) is 3.20. The highest BCUT2D eigenvalue weighted by atomic mass is 32.1. The fourth-order valence-electron chi connectivity index (χ4n) is 2.57. The molecule has 0 unspecified atom stereocenters. The number of ether oxygens (including phenoxy) is 2. The standard InChI is InChI=1S/C15H17BN2O4S/c1-20-12-5-2-9(6-13(12)22-11-3-4-11)15-17-14(18-23-15)10-7-16(19)21-8-10/h2,5-6,10-11,19H,3-4,7-8H2,1H3/t10-/m1/s1. The lowest BCUT2D eigenvalue weighted by atomic mass is 9.82. The number of nitrogens with zero attached hydrogens (tertiary/aromatic N) is 2. The van der Waals surface area contributed by atoms with Gasteiger partial charge in [-0.25, -0.2) is 4.98 Å². The predicted molar refractivity (Wildman–Crippen MR) is 87.0 cm³/mol. The van der Waals surface area contributed by atoms with Gasteiger partial charge >= 0.3 is 7.12 Å². The molecule has 2 fully saturated rings. The minimum atomic E-state index is -0.702. The second kappa shape index (κ2) is 6.11. The highest BCUT2D eigenvalue weighted by molar-refractivity contribution is 7.09. The maximum atomic E-state index is 9.46. The van der Waals surface area contributed by atoms with Gasteiger partial charge in [-0.1, -0.05) is 0 Å². The molecule has 23 heavy (non-hydrogen) atoms. The number of hydrogen-bond donors (Lipinski definition) is 1. The smallest absolute Gasteiger partial charge is 0.454 e. The predicted octanol–water partition coefficient (Wildman–Crippen LogP) is 2.35. The molecule has 6 nitrogen and oxygen atoms in total. The topological polar surface area (TPSA) is 73.7 Å². The van der Waals surface area contributed by atoms with Gasteiger partial charge in [-0.2, -0.15) is 4.37 Å². The molecule has 1 N–H and O–H groups in total. The molecule has 0 amide bonds. The minimum absolute atomic E-state index is 0.0652. The van der Waals surface area contributed by atoms with Crippen molar-refractivity contribution in [2.75, 3.05) is 13.7 Å². The van der Waals surface area contributed by atoms with Gasteiger partial charge in [-0.05, 0) is 48.9 Å². The Morgan fingerprint density at radius 2 is 2.22 bits per heavy atom. The Hall–Kier alpha value is -1.64. The van der Waals surface area contributed by atoms with Gasteiger partial charge in [0.15, 0.2) is 11.5 Å². The van der Waals surface area contributed by atoms with Crippen LogP contribution in [0.5, 0.6) is 11.5 Å².